The quantitative estimate of drug-likeness (QED) is 0.502. The molecule has 0 aliphatic rings. The lowest BCUT2D eigenvalue weighted by atomic mass is 10.0. The maximum Gasteiger partial charge on any atom is 0.312 e. The number of hydrogen-bond donors (Lipinski definition) is 3. The van der Waals surface area contributed by atoms with Crippen LogP contribution in [0.4, 0.5) is 4.79 Å². The summed E-state index contributed by atoms with van der Waals surface area (Å²) in [6.45, 7) is 1.92. The fourth-order valence-electron chi connectivity index (χ4n) is 3.33. The molecular weight excluding hydrogens is 398 g/mol. The predicted molar refractivity (Wildman–Crippen MR) is 120 cm³/mol. The van der Waals surface area contributed by atoms with Gasteiger partial charge < -0.3 is 16.4 Å². The van der Waals surface area contributed by atoms with Gasteiger partial charge in [0.05, 0.1) is 18.5 Å². The molecule has 3 rings (SSSR count). The SMILES string of the molecule is C[C@H](NC(=O)C[C@@H](NC(N)=O)c1ccccc1Cl)c1ccc(-c2ccccc2)cc1. The predicted octanol–water partition coefficient (Wildman–Crippen LogP) is 4.98. The molecule has 3 aromatic rings. The molecule has 4 N–H and O–H groups in total. The highest BCUT2D eigenvalue weighted by Gasteiger charge is 2.21. The van der Waals surface area contributed by atoms with Crippen molar-refractivity contribution >= 4 is 23.5 Å². The summed E-state index contributed by atoms with van der Waals surface area (Å²) >= 11 is 6.23. The minimum atomic E-state index is -0.711. The molecule has 0 aliphatic heterocycles. The average molecular weight is 422 g/mol. The van der Waals surface area contributed by atoms with Crippen LogP contribution in [0.3, 0.4) is 0 Å². The van der Waals surface area contributed by atoms with Gasteiger partial charge in [-0.3, -0.25) is 4.79 Å². The summed E-state index contributed by atoms with van der Waals surface area (Å²) in [4.78, 5) is 24.1. The molecule has 0 fully saturated rings. The van der Waals surface area contributed by atoms with E-state index in [0.717, 1.165) is 16.7 Å². The molecule has 30 heavy (non-hydrogen) atoms. The molecular formula is C24H24ClN3O2. The van der Waals surface area contributed by atoms with E-state index >= 15 is 0 Å². The van der Waals surface area contributed by atoms with Crippen molar-refractivity contribution in [1.82, 2.24) is 10.6 Å². The van der Waals surface area contributed by atoms with Gasteiger partial charge in [-0.1, -0.05) is 84.4 Å². The van der Waals surface area contributed by atoms with Gasteiger partial charge in [0.1, 0.15) is 0 Å². The number of nitrogens with one attached hydrogen (secondary N) is 2. The van der Waals surface area contributed by atoms with Crippen LogP contribution in [0.2, 0.25) is 5.02 Å². The van der Waals surface area contributed by atoms with E-state index in [0.29, 0.717) is 10.6 Å². The highest BCUT2D eigenvalue weighted by atomic mass is 35.5. The van der Waals surface area contributed by atoms with E-state index in [2.05, 4.69) is 22.8 Å². The summed E-state index contributed by atoms with van der Waals surface area (Å²) < 4.78 is 0. The Hall–Kier alpha value is -3.31. The molecule has 0 aromatic heterocycles. The van der Waals surface area contributed by atoms with Crippen LogP contribution in [0.25, 0.3) is 11.1 Å². The minimum absolute atomic E-state index is 0.0269. The number of rotatable bonds is 7. The average Bonchev–Trinajstić information content (AvgIpc) is 2.74. The van der Waals surface area contributed by atoms with E-state index in [1.807, 2.05) is 49.4 Å². The van der Waals surface area contributed by atoms with Crippen LogP contribution in [0, 0.1) is 0 Å². The van der Waals surface area contributed by atoms with Crippen molar-refractivity contribution in [2.75, 3.05) is 0 Å². The zero-order chi connectivity index (χ0) is 21.5. The molecule has 0 spiro atoms. The van der Waals surface area contributed by atoms with Crippen LogP contribution in [-0.2, 0) is 4.79 Å². The van der Waals surface area contributed by atoms with Crippen molar-refractivity contribution in [2.45, 2.75) is 25.4 Å². The summed E-state index contributed by atoms with van der Waals surface area (Å²) in [5.41, 5.74) is 9.17. The number of carbonyl (C=O) groups excluding carboxylic acids is 2. The Morgan fingerprint density at radius 3 is 2.10 bits per heavy atom. The fourth-order valence-corrected chi connectivity index (χ4v) is 3.60. The summed E-state index contributed by atoms with van der Waals surface area (Å²) in [5.74, 6) is -0.215. The number of urea groups is 1. The monoisotopic (exact) mass is 421 g/mol. The Balaban J connectivity index is 1.66. The van der Waals surface area contributed by atoms with Gasteiger partial charge in [0.15, 0.2) is 0 Å². The third-order valence-corrected chi connectivity index (χ3v) is 5.23. The van der Waals surface area contributed by atoms with Gasteiger partial charge >= 0.3 is 6.03 Å². The van der Waals surface area contributed by atoms with Gasteiger partial charge in [0.2, 0.25) is 5.91 Å². The molecule has 3 aromatic carbocycles. The summed E-state index contributed by atoms with van der Waals surface area (Å²) in [6, 6.07) is 23.7. The highest BCUT2D eigenvalue weighted by molar-refractivity contribution is 6.31. The third-order valence-electron chi connectivity index (χ3n) is 4.88. The number of amides is 3. The van der Waals surface area contributed by atoms with Crippen LogP contribution >= 0.6 is 11.6 Å². The van der Waals surface area contributed by atoms with Crippen LogP contribution in [0.15, 0.2) is 78.9 Å². The van der Waals surface area contributed by atoms with E-state index in [4.69, 9.17) is 17.3 Å². The fraction of sp³-hybridized carbons (Fsp3) is 0.167. The first kappa shape index (κ1) is 21.4. The van der Waals surface area contributed by atoms with E-state index < -0.39 is 12.1 Å². The number of halogens is 1. The second-order valence-electron chi connectivity index (χ2n) is 7.06. The van der Waals surface area contributed by atoms with Gasteiger partial charge in [-0.25, -0.2) is 4.79 Å². The Labute approximate surface area is 181 Å². The van der Waals surface area contributed by atoms with Gasteiger partial charge in [-0.05, 0) is 35.2 Å². The zero-order valence-electron chi connectivity index (χ0n) is 16.6. The number of benzene rings is 3. The lowest BCUT2D eigenvalue weighted by Gasteiger charge is -2.21. The number of carbonyl (C=O) groups is 2. The second kappa shape index (κ2) is 9.94. The van der Waals surface area contributed by atoms with E-state index in [-0.39, 0.29) is 18.4 Å². The molecule has 6 heteroatoms. The Morgan fingerprint density at radius 2 is 1.47 bits per heavy atom. The van der Waals surface area contributed by atoms with Crippen LogP contribution in [0.5, 0.6) is 0 Å². The van der Waals surface area contributed by atoms with Crippen molar-refractivity contribution in [3.05, 3.63) is 95.0 Å². The summed E-state index contributed by atoms with van der Waals surface area (Å²) in [7, 11) is 0. The van der Waals surface area contributed by atoms with E-state index in [1.54, 1.807) is 24.3 Å². The molecule has 5 nitrogen and oxygen atoms in total. The van der Waals surface area contributed by atoms with Gasteiger partial charge in [-0.15, -0.1) is 0 Å². The van der Waals surface area contributed by atoms with Crippen molar-refractivity contribution < 1.29 is 9.59 Å². The van der Waals surface area contributed by atoms with Gasteiger partial charge in [-0.2, -0.15) is 0 Å². The summed E-state index contributed by atoms with van der Waals surface area (Å²) in [6.07, 6.45) is 0.0269. The number of nitrogens with two attached hydrogens (primary N) is 1. The Kier molecular flexibility index (Phi) is 7.09. The highest BCUT2D eigenvalue weighted by Crippen LogP contribution is 2.26. The topological polar surface area (TPSA) is 84.2 Å². The molecule has 0 saturated carbocycles. The van der Waals surface area contributed by atoms with E-state index in [1.165, 1.54) is 0 Å². The van der Waals surface area contributed by atoms with Crippen LogP contribution in [0.1, 0.15) is 36.6 Å². The molecule has 0 heterocycles. The molecule has 3 amide bonds. The minimum Gasteiger partial charge on any atom is -0.352 e. The normalized spacial score (nSPS) is 12.6. The molecule has 0 unspecified atom stereocenters. The van der Waals surface area contributed by atoms with E-state index in [9.17, 15) is 9.59 Å². The standard InChI is InChI=1S/C24H24ClN3O2/c1-16(17-11-13-19(14-12-17)18-7-3-2-4-8-18)27-23(29)15-22(28-24(26)30)20-9-5-6-10-21(20)25/h2-14,16,22H,15H2,1H3,(H,27,29)(H3,26,28,30)/t16-,22+/m0/s1. The Morgan fingerprint density at radius 1 is 0.867 bits per heavy atom. The van der Waals surface area contributed by atoms with Gasteiger partial charge in [0.25, 0.3) is 0 Å². The molecule has 154 valence electrons. The smallest absolute Gasteiger partial charge is 0.312 e. The first-order valence-corrected chi connectivity index (χ1v) is 10.1. The lowest BCUT2D eigenvalue weighted by Crippen LogP contribution is -2.37. The van der Waals surface area contributed by atoms with Gasteiger partial charge in [0, 0.05) is 5.02 Å². The van der Waals surface area contributed by atoms with Crippen molar-refractivity contribution in [3.8, 4) is 11.1 Å². The molecule has 0 saturated heterocycles. The van der Waals surface area contributed by atoms with Crippen molar-refractivity contribution in [1.29, 1.82) is 0 Å². The first-order chi connectivity index (χ1) is 14.4. The van der Waals surface area contributed by atoms with Crippen molar-refractivity contribution in [3.63, 3.8) is 0 Å². The second-order valence-corrected chi connectivity index (χ2v) is 7.47. The maximum atomic E-state index is 12.6. The number of primary amides is 1. The largest absolute Gasteiger partial charge is 0.352 e. The molecule has 0 radical (unpaired) electrons. The van der Waals surface area contributed by atoms with Crippen LogP contribution in [-0.4, -0.2) is 11.9 Å². The lowest BCUT2D eigenvalue weighted by molar-refractivity contribution is -0.122. The van der Waals surface area contributed by atoms with Crippen molar-refractivity contribution in [2.24, 2.45) is 5.73 Å². The maximum absolute atomic E-state index is 12.6. The van der Waals surface area contributed by atoms with Crippen LogP contribution < -0.4 is 16.4 Å². The Bertz CT molecular complexity index is 1010. The zero-order valence-corrected chi connectivity index (χ0v) is 17.4. The number of hydrogen-bond acceptors (Lipinski definition) is 2. The molecule has 2 atom stereocenters. The molecule has 0 aliphatic carbocycles. The first-order valence-electron chi connectivity index (χ1n) is 9.69. The molecule has 0 bridgehead atoms. The third kappa shape index (κ3) is 5.61. The summed E-state index contributed by atoms with van der Waals surface area (Å²) in [5, 5.41) is 6.04.